The van der Waals surface area contributed by atoms with Crippen LogP contribution in [-0.2, 0) is 0 Å². The lowest BCUT2D eigenvalue weighted by Gasteiger charge is -2.24. The Balaban J connectivity index is 1.49. The maximum absolute atomic E-state index is 4.35. The van der Waals surface area contributed by atoms with Crippen molar-refractivity contribution in [3.05, 3.63) is 138 Å². The lowest BCUT2D eigenvalue weighted by molar-refractivity contribution is -0.417. The molecule has 1 aliphatic heterocycles. The minimum Gasteiger partial charge on any atom is -0.255 e. The highest BCUT2D eigenvalue weighted by Gasteiger charge is 2.26. The lowest BCUT2D eigenvalue weighted by Crippen LogP contribution is -2.17. The summed E-state index contributed by atoms with van der Waals surface area (Å²) in [6.07, 6.45) is 6.62. The fourth-order valence-corrected chi connectivity index (χ4v) is 6.38. The van der Waals surface area contributed by atoms with E-state index in [9.17, 15) is 0 Å². The van der Waals surface area contributed by atoms with E-state index in [2.05, 4.69) is 130 Å². The monoisotopic (exact) mass is 469 g/mol. The maximum atomic E-state index is 4.35. The molecular formula is C33H27NS. The smallest absolute Gasteiger partial charge is 0.159 e. The zero-order chi connectivity index (χ0) is 23.9. The van der Waals surface area contributed by atoms with E-state index in [0.29, 0.717) is 5.92 Å². The summed E-state index contributed by atoms with van der Waals surface area (Å²) in [5.74, 6) is 0.312. The summed E-state index contributed by atoms with van der Waals surface area (Å²) in [5, 5.41) is 2.63. The Morgan fingerprint density at radius 3 is 2.37 bits per heavy atom. The molecule has 0 saturated heterocycles. The van der Waals surface area contributed by atoms with E-state index in [0.717, 1.165) is 6.04 Å². The first kappa shape index (κ1) is 21.6. The zero-order valence-corrected chi connectivity index (χ0v) is 20.8. The minimum atomic E-state index is 0.312. The van der Waals surface area contributed by atoms with Gasteiger partial charge < -0.3 is 0 Å². The number of nitrogens with zero attached hydrogens (tertiary/aromatic N) is 1. The van der Waals surface area contributed by atoms with Crippen molar-refractivity contribution < 1.29 is 4.58 Å². The second-order valence-electron chi connectivity index (χ2n) is 9.26. The van der Waals surface area contributed by atoms with Gasteiger partial charge in [-0.1, -0.05) is 120 Å². The highest BCUT2D eigenvalue weighted by Crippen LogP contribution is 2.43. The number of aryl methyl sites for hydroxylation is 1. The summed E-state index contributed by atoms with van der Waals surface area (Å²) in [6.45, 7) is 8.83. The largest absolute Gasteiger partial charge is 0.255 e. The minimum absolute atomic E-state index is 0.312. The summed E-state index contributed by atoms with van der Waals surface area (Å²) in [4.78, 5) is 0. The number of hydrogen-bond acceptors (Lipinski definition) is 0. The Bertz CT molecular complexity index is 1620. The molecule has 2 heteroatoms. The van der Waals surface area contributed by atoms with E-state index in [1.165, 1.54) is 53.6 Å². The van der Waals surface area contributed by atoms with Gasteiger partial charge in [-0.05, 0) is 29.0 Å². The number of allylic oxidation sites excluding steroid dienone is 2. The van der Waals surface area contributed by atoms with Crippen molar-refractivity contribution in [2.45, 2.75) is 19.8 Å². The molecule has 1 nitrogen and oxygen atoms in total. The van der Waals surface area contributed by atoms with Gasteiger partial charge in [-0.3, -0.25) is 4.58 Å². The average Bonchev–Trinajstić information content (AvgIpc) is 3.27. The molecule has 0 amide bonds. The Labute approximate surface area is 211 Å². The fraction of sp³-hybridized carbons (Fsp3) is 0.0909. The van der Waals surface area contributed by atoms with Crippen LogP contribution in [0.15, 0.2) is 115 Å². The average molecular weight is 470 g/mol. The van der Waals surface area contributed by atoms with E-state index >= 15 is 0 Å². The van der Waals surface area contributed by atoms with Crippen molar-refractivity contribution in [3.8, 4) is 11.1 Å². The maximum Gasteiger partial charge on any atom is 0.159 e. The molecule has 2 heterocycles. The van der Waals surface area contributed by atoms with Crippen LogP contribution in [0.4, 0.5) is 0 Å². The highest BCUT2D eigenvalue weighted by molar-refractivity contribution is 7.26. The molecule has 0 aliphatic carbocycles. The lowest BCUT2D eigenvalue weighted by atomic mass is 9.87. The summed E-state index contributed by atoms with van der Waals surface area (Å²) < 4.78 is 4.66. The van der Waals surface area contributed by atoms with Crippen molar-refractivity contribution in [2.24, 2.45) is 0 Å². The van der Waals surface area contributed by atoms with Gasteiger partial charge >= 0.3 is 0 Å². The van der Waals surface area contributed by atoms with E-state index < -0.39 is 0 Å². The normalized spacial score (nSPS) is 14.5. The Morgan fingerprint density at radius 2 is 1.60 bits per heavy atom. The van der Waals surface area contributed by atoms with Crippen LogP contribution < -0.4 is 0 Å². The van der Waals surface area contributed by atoms with Gasteiger partial charge in [-0.25, -0.2) is 0 Å². The van der Waals surface area contributed by atoms with Gasteiger partial charge in [0.2, 0.25) is 0 Å². The van der Waals surface area contributed by atoms with E-state index in [4.69, 9.17) is 0 Å². The number of rotatable bonds is 4. The summed E-state index contributed by atoms with van der Waals surface area (Å²) in [5.41, 5.74) is 7.69. The van der Waals surface area contributed by atoms with Crippen LogP contribution in [0.2, 0.25) is 0 Å². The molecule has 1 aliphatic rings. The molecule has 5 aromatic rings. The number of fused-ring (bicyclic) bond motifs is 3. The molecular weight excluding hydrogens is 442 g/mol. The van der Waals surface area contributed by atoms with Gasteiger partial charge in [-0.15, -0.1) is 12.1 Å². The Kier molecular flexibility index (Phi) is 5.39. The number of benzene rings is 4. The van der Waals surface area contributed by atoms with Crippen LogP contribution in [0.25, 0.3) is 31.3 Å². The second-order valence-corrected chi connectivity index (χ2v) is 10.3. The second kappa shape index (κ2) is 8.72. The molecule has 1 aromatic heterocycles. The first-order valence-corrected chi connectivity index (χ1v) is 12.8. The van der Waals surface area contributed by atoms with Crippen LogP contribution >= 0.6 is 11.3 Å². The molecule has 4 aromatic carbocycles. The number of thiophene rings is 1. The predicted octanol–water partition coefficient (Wildman–Crippen LogP) is 8.88. The molecule has 6 rings (SSSR count). The van der Waals surface area contributed by atoms with Crippen LogP contribution in [0, 0.1) is 13.0 Å². The molecule has 0 bridgehead atoms. The van der Waals surface area contributed by atoms with E-state index in [-0.39, 0.29) is 0 Å². The third kappa shape index (κ3) is 3.80. The van der Waals surface area contributed by atoms with Gasteiger partial charge in [0.05, 0.1) is 6.72 Å². The third-order valence-corrected chi connectivity index (χ3v) is 8.26. The van der Waals surface area contributed by atoms with Crippen LogP contribution in [0.3, 0.4) is 0 Å². The Morgan fingerprint density at radius 1 is 0.857 bits per heavy atom. The van der Waals surface area contributed by atoms with Gasteiger partial charge in [-0.2, -0.15) is 0 Å². The number of hydrogen-bond donors (Lipinski definition) is 0. The van der Waals surface area contributed by atoms with Crippen molar-refractivity contribution in [3.63, 3.8) is 0 Å². The van der Waals surface area contributed by atoms with Gasteiger partial charge in [0, 0.05) is 5.56 Å². The van der Waals surface area contributed by atoms with Crippen molar-refractivity contribution >= 4 is 38.2 Å². The summed E-state index contributed by atoms with van der Waals surface area (Å²) in [6, 6.07) is 33.9. The van der Waals surface area contributed by atoms with Gasteiger partial charge in [0.1, 0.15) is 17.5 Å². The van der Waals surface area contributed by atoms with Crippen LogP contribution in [-0.4, -0.2) is 11.3 Å². The van der Waals surface area contributed by atoms with Gasteiger partial charge in [0.15, 0.2) is 15.4 Å². The quantitative estimate of drug-likeness (QED) is 0.140. The van der Waals surface area contributed by atoms with Gasteiger partial charge in [0.25, 0.3) is 0 Å². The SMILES string of the molecule is C=[N+]1C=CC(C(C)c2ccccc2)=C[C-]1c1c(C)ccc2c1[s+][c-]1cc(-c3ccccc3)ccc21. The molecule has 0 saturated carbocycles. The molecule has 170 valence electrons. The summed E-state index contributed by atoms with van der Waals surface area (Å²) in [7, 11) is 0. The molecule has 0 N–H and O–H groups in total. The fourth-order valence-electron chi connectivity index (χ4n) is 5.03. The van der Waals surface area contributed by atoms with E-state index in [1.54, 1.807) is 0 Å². The predicted molar refractivity (Wildman–Crippen MR) is 151 cm³/mol. The molecule has 0 radical (unpaired) electrons. The third-order valence-electron chi connectivity index (χ3n) is 7.07. The standard InChI is InChI=1S/C33H27NS/c1-22-14-16-29-28-17-15-27(25-12-8-5-9-13-25)21-31(28)35-33(29)32(22)30-20-26(18-19-34(30)3)23(2)24-10-6-4-7-11-24/h4-21,23H,3H2,1-2H3. The molecule has 35 heavy (non-hydrogen) atoms. The summed E-state index contributed by atoms with van der Waals surface area (Å²) >= 11 is 1.88. The van der Waals surface area contributed by atoms with E-state index in [1.807, 2.05) is 15.9 Å². The molecule has 0 spiro atoms. The van der Waals surface area contributed by atoms with Crippen molar-refractivity contribution in [1.82, 2.24) is 0 Å². The molecule has 1 unspecified atom stereocenters. The molecule has 1 atom stereocenters. The zero-order valence-electron chi connectivity index (χ0n) is 20.0. The van der Waals surface area contributed by atoms with Crippen molar-refractivity contribution in [2.75, 3.05) is 0 Å². The first-order chi connectivity index (χ1) is 17.1. The molecule has 0 fully saturated rings. The van der Waals surface area contributed by atoms with Crippen LogP contribution in [0.5, 0.6) is 0 Å². The highest BCUT2D eigenvalue weighted by atomic mass is 32.1. The van der Waals surface area contributed by atoms with Crippen molar-refractivity contribution in [1.29, 1.82) is 0 Å². The topological polar surface area (TPSA) is 3.01 Å². The Hall–Kier alpha value is -3.88. The van der Waals surface area contributed by atoms with Crippen LogP contribution in [0.1, 0.15) is 29.5 Å². The first-order valence-electron chi connectivity index (χ1n) is 12.0.